The quantitative estimate of drug-likeness (QED) is 0.787. The second kappa shape index (κ2) is 7.45. The fourth-order valence-electron chi connectivity index (χ4n) is 1.72. The molecule has 0 saturated carbocycles. The third kappa shape index (κ3) is 4.88. The number of aliphatic carboxylic acids is 1. The van der Waals surface area contributed by atoms with E-state index in [4.69, 9.17) is 9.84 Å². The van der Waals surface area contributed by atoms with Crippen LogP contribution in [-0.2, 0) is 16.0 Å². The van der Waals surface area contributed by atoms with E-state index >= 15 is 0 Å². The zero-order valence-corrected chi connectivity index (χ0v) is 11.4. The Bertz CT molecular complexity index is 365. The van der Waals surface area contributed by atoms with E-state index in [-0.39, 0.29) is 5.92 Å². The van der Waals surface area contributed by atoms with Crippen molar-refractivity contribution < 1.29 is 14.6 Å². The molecule has 0 amide bonds. The van der Waals surface area contributed by atoms with E-state index in [2.05, 4.69) is 15.9 Å². The van der Waals surface area contributed by atoms with Crippen molar-refractivity contribution in [2.24, 2.45) is 5.92 Å². The molecule has 1 unspecified atom stereocenters. The number of hydrogen-bond acceptors (Lipinski definition) is 2. The number of benzene rings is 1. The fraction of sp³-hybridized carbons (Fsp3) is 0.462. The van der Waals surface area contributed by atoms with Crippen molar-refractivity contribution in [3.8, 4) is 0 Å². The molecule has 4 heteroatoms. The topological polar surface area (TPSA) is 46.5 Å². The molecule has 0 fully saturated rings. The second-order valence-electron chi connectivity index (χ2n) is 3.97. The van der Waals surface area contributed by atoms with Gasteiger partial charge in [-0.2, -0.15) is 0 Å². The first-order valence-corrected chi connectivity index (χ1v) is 6.39. The summed E-state index contributed by atoms with van der Waals surface area (Å²) in [6.45, 7) is 0.611. The first-order valence-electron chi connectivity index (χ1n) is 5.60. The van der Waals surface area contributed by atoms with Crippen molar-refractivity contribution in [1.29, 1.82) is 0 Å². The SMILES string of the molecule is COCCCC(Cc1ccccc1Br)C(=O)O. The van der Waals surface area contributed by atoms with Gasteiger partial charge in [-0.25, -0.2) is 0 Å². The van der Waals surface area contributed by atoms with E-state index in [0.717, 1.165) is 16.5 Å². The summed E-state index contributed by atoms with van der Waals surface area (Å²) in [5, 5.41) is 9.17. The Kier molecular flexibility index (Phi) is 6.22. The van der Waals surface area contributed by atoms with Gasteiger partial charge in [0.15, 0.2) is 0 Å². The van der Waals surface area contributed by atoms with Crippen LogP contribution in [0.4, 0.5) is 0 Å². The molecular weight excluding hydrogens is 284 g/mol. The molecule has 0 aliphatic heterocycles. The minimum Gasteiger partial charge on any atom is -0.481 e. The van der Waals surface area contributed by atoms with Gasteiger partial charge in [-0.3, -0.25) is 4.79 Å². The summed E-state index contributed by atoms with van der Waals surface area (Å²) < 4.78 is 5.91. The fourth-order valence-corrected chi connectivity index (χ4v) is 2.16. The predicted octanol–water partition coefficient (Wildman–Crippen LogP) is 3.12. The average Bonchev–Trinajstić information content (AvgIpc) is 2.30. The maximum absolute atomic E-state index is 11.2. The molecule has 0 heterocycles. The molecule has 94 valence electrons. The van der Waals surface area contributed by atoms with Gasteiger partial charge in [-0.1, -0.05) is 34.1 Å². The number of carbonyl (C=O) groups is 1. The van der Waals surface area contributed by atoms with Crippen LogP contribution in [-0.4, -0.2) is 24.8 Å². The lowest BCUT2D eigenvalue weighted by atomic mass is 9.95. The largest absolute Gasteiger partial charge is 0.481 e. The van der Waals surface area contributed by atoms with Gasteiger partial charge < -0.3 is 9.84 Å². The van der Waals surface area contributed by atoms with Gasteiger partial charge in [0, 0.05) is 18.2 Å². The molecule has 1 aromatic rings. The van der Waals surface area contributed by atoms with Gasteiger partial charge in [0.2, 0.25) is 0 Å². The number of carboxylic acids is 1. The number of carboxylic acid groups (broad SMARTS) is 1. The molecule has 1 rings (SSSR count). The lowest BCUT2D eigenvalue weighted by Crippen LogP contribution is -2.17. The zero-order valence-electron chi connectivity index (χ0n) is 9.86. The molecule has 1 atom stereocenters. The maximum Gasteiger partial charge on any atom is 0.306 e. The average molecular weight is 301 g/mol. The normalized spacial score (nSPS) is 12.4. The summed E-state index contributed by atoms with van der Waals surface area (Å²) in [5.41, 5.74) is 1.04. The van der Waals surface area contributed by atoms with Crippen LogP contribution in [0.2, 0.25) is 0 Å². The second-order valence-corrected chi connectivity index (χ2v) is 4.82. The van der Waals surface area contributed by atoms with Gasteiger partial charge in [-0.15, -0.1) is 0 Å². The van der Waals surface area contributed by atoms with E-state index in [1.165, 1.54) is 0 Å². The maximum atomic E-state index is 11.2. The molecule has 17 heavy (non-hydrogen) atoms. The summed E-state index contributed by atoms with van der Waals surface area (Å²) in [5.74, 6) is -1.08. The lowest BCUT2D eigenvalue weighted by Gasteiger charge is -2.13. The molecule has 1 N–H and O–H groups in total. The molecule has 0 aliphatic rings. The van der Waals surface area contributed by atoms with Gasteiger partial charge >= 0.3 is 5.97 Å². The summed E-state index contributed by atoms with van der Waals surface area (Å²) in [6.07, 6.45) is 1.98. The Balaban J connectivity index is 2.61. The van der Waals surface area contributed by atoms with Crippen LogP contribution in [0.3, 0.4) is 0 Å². The van der Waals surface area contributed by atoms with Crippen LogP contribution in [0.5, 0.6) is 0 Å². The Labute approximate surface area is 110 Å². The number of methoxy groups -OCH3 is 1. The third-order valence-corrected chi connectivity index (χ3v) is 3.45. The highest BCUT2D eigenvalue weighted by molar-refractivity contribution is 9.10. The minimum atomic E-state index is -0.739. The van der Waals surface area contributed by atoms with E-state index in [9.17, 15) is 4.79 Å². The van der Waals surface area contributed by atoms with Gasteiger partial charge in [0.1, 0.15) is 0 Å². The Hall–Kier alpha value is -0.870. The molecule has 0 aliphatic carbocycles. The number of rotatable bonds is 7. The Morgan fingerprint density at radius 3 is 2.76 bits per heavy atom. The molecule has 3 nitrogen and oxygen atoms in total. The number of halogens is 1. The van der Waals surface area contributed by atoms with Gasteiger partial charge in [0.05, 0.1) is 5.92 Å². The van der Waals surface area contributed by atoms with E-state index < -0.39 is 5.97 Å². The standard InChI is InChI=1S/C13H17BrO3/c1-17-8-4-6-11(13(15)16)9-10-5-2-3-7-12(10)14/h2-3,5,7,11H,4,6,8-9H2,1H3,(H,15,16). The summed E-state index contributed by atoms with van der Waals surface area (Å²) in [4.78, 5) is 11.2. The predicted molar refractivity (Wildman–Crippen MR) is 70.1 cm³/mol. The van der Waals surface area contributed by atoms with Crippen LogP contribution in [0.1, 0.15) is 18.4 Å². The van der Waals surface area contributed by atoms with Crippen LogP contribution in [0, 0.1) is 5.92 Å². The molecule has 1 aromatic carbocycles. The highest BCUT2D eigenvalue weighted by Crippen LogP contribution is 2.21. The van der Waals surface area contributed by atoms with Crippen molar-refractivity contribution in [3.05, 3.63) is 34.3 Å². The number of ether oxygens (including phenoxy) is 1. The molecule has 0 bridgehead atoms. The van der Waals surface area contributed by atoms with Crippen molar-refractivity contribution in [1.82, 2.24) is 0 Å². The lowest BCUT2D eigenvalue weighted by molar-refractivity contribution is -0.142. The van der Waals surface area contributed by atoms with E-state index in [1.54, 1.807) is 7.11 Å². The Morgan fingerprint density at radius 1 is 1.47 bits per heavy atom. The monoisotopic (exact) mass is 300 g/mol. The molecule has 0 saturated heterocycles. The highest BCUT2D eigenvalue weighted by atomic mass is 79.9. The first kappa shape index (κ1) is 14.2. The Morgan fingerprint density at radius 2 is 2.18 bits per heavy atom. The van der Waals surface area contributed by atoms with Crippen LogP contribution in [0.25, 0.3) is 0 Å². The summed E-state index contributed by atoms with van der Waals surface area (Å²) in [6, 6.07) is 7.74. The third-order valence-electron chi connectivity index (χ3n) is 2.67. The molecule has 0 radical (unpaired) electrons. The minimum absolute atomic E-state index is 0.344. The first-order chi connectivity index (χ1) is 8.15. The van der Waals surface area contributed by atoms with Crippen LogP contribution in [0.15, 0.2) is 28.7 Å². The van der Waals surface area contributed by atoms with E-state index in [1.807, 2.05) is 24.3 Å². The van der Waals surface area contributed by atoms with E-state index in [0.29, 0.717) is 19.4 Å². The van der Waals surface area contributed by atoms with Crippen molar-refractivity contribution in [2.45, 2.75) is 19.3 Å². The summed E-state index contributed by atoms with van der Waals surface area (Å²) in [7, 11) is 1.63. The zero-order chi connectivity index (χ0) is 12.7. The van der Waals surface area contributed by atoms with Crippen molar-refractivity contribution >= 4 is 21.9 Å². The smallest absolute Gasteiger partial charge is 0.306 e. The van der Waals surface area contributed by atoms with Crippen LogP contribution < -0.4 is 0 Å². The molecule has 0 spiro atoms. The highest BCUT2D eigenvalue weighted by Gasteiger charge is 2.18. The van der Waals surface area contributed by atoms with Crippen LogP contribution >= 0.6 is 15.9 Å². The van der Waals surface area contributed by atoms with Gasteiger partial charge in [0.25, 0.3) is 0 Å². The number of hydrogen-bond donors (Lipinski definition) is 1. The van der Waals surface area contributed by atoms with Crippen molar-refractivity contribution in [3.63, 3.8) is 0 Å². The van der Waals surface area contributed by atoms with Crippen molar-refractivity contribution in [2.75, 3.05) is 13.7 Å². The molecular formula is C13H17BrO3. The molecule has 0 aromatic heterocycles. The summed E-state index contributed by atoms with van der Waals surface area (Å²) >= 11 is 3.44. The van der Waals surface area contributed by atoms with Gasteiger partial charge in [-0.05, 0) is 30.9 Å².